The summed E-state index contributed by atoms with van der Waals surface area (Å²) in [7, 11) is 0. The molecule has 1 aliphatic heterocycles. The molecule has 0 aliphatic carbocycles. The van der Waals surface area contributed by atoms with Crippen molar-refractivity contribution < 1.29 is 9.53 Å². The Bertz CT molecular complexity index is 418. The summed E-state index contributed by atoms with van der Waals surface area (Å²) in [5.74, 6) is 0.827. The molecule has 1 heterocycles. The van der Waals surface area contributed by atoms with Crippen LogP contribution < -0.4 is 15.4 Å². The van der Waals surface area contributed by atoms with E-state index in [2.05, 4.69) is 11.8 Å². The molecule has 0 fully saturated rings. The lowest BCUT2D eigenvalue weighted by Crippen LogP contribution is -2.33. The number of nitrogens with zero attached hydrogens (tertiary/aromatic N) is 1. The predicted octanol–water partition coefficient (Wildman–Crippen LogP) is 1.44. The van der Waals surface area contributed by atoms with Crippen molar-refractivity contribution in [1.29, 1.82) is 0 Å². The molecule has 92 valence electrons. The first-order chi connectivity index (χ1) is 8.26. The number of carbonyl (C=O) groups is 1. The maximum atomic E-state index is 11.6. The molecule has 0 atom stereocenters. The summed E-state index contributed by atoms with van der Waals surface area (Å²) >= 11 is 0. The molecule has 4 nitrogen and oxygen atoms in total. The van der Waals surface area contributed by atoms with Crippen LogP contribution in [0.4, 0.5) is 5.69 Å². The second kappa shape index (κ2) is 5.19. The zero-order chi connectivity index (χ0) is 12.3. The van der Waals surface area contributed by atoms with Crippen molar-refractivity contribution in [3.63, 3.8) is 0 Å². The van der Waals surface area contributed by atoms with Gasteiger partial charge in [-0.15, -0.1) is 0 Å². The largest absolute Gasteiger partial charge is 0.490 e. The van der Waals surface area contributed by atoms with E-state index in [1.807, 2.05) is 12.1 Å². The number of ketones is 1. The number of hydrogen-bond donors (Lipinski definition) is 1. The van der Waals surface area contributed by atoms with E-state index in [1.165, 1.54) is 0 Å². The first-order valence-corrected chi connectivity index (χ1v) is 6.01. The first-order valence-electron chi connectivity index (χ1n) is 6.01. The number of anilines is 1. The van der Waals surface area contributed by atoms with Crippen LogP contribution in [0, 0.1) is 0 Å². The molecule has 0 amide bonds. The summed E-state index contributed by atoms with van der Waals surface area (Å²) in [6.45, 7) is 4.76. The number of carbonyl (C=O) groups excluding carboxylic acids is 1. The molecule has 0 saturated heterocycles. The van der Waals surface area contributed by atoms with Crippen molar-refractivity contribution in [1.82, 2.24) is 0 Å². The van der Waals surface area contributed by atoms with Crippen LogP contribution in [0.25, 0.3) is 0 Å². The summed E-state index contributed by atoms with van der Waals surface area (Å²) in [5.41, 5.74) is 7.06. The van der Waals surface area contributed by atoms with Gasteiger partial charge in [-0.2, -0.15) is 0 Å². The monoisotopic (exact) mass is 234 g/mol. The van der Waals surface area contributed by atoms with Crippen molar-refractivity contribution in [2.45, 2.75) is 13.3 Å². The smallest absolute Gasteiger partial charge is 0.176 e. The summed E-state index contributed by atoms with van der Waals surface area (Å²) in [4.78, 5) is 13.8. The highest BCUT2D eigenvalue weighted by Gasteiger charge is 2.18. The normalized spacial score (nSPS) is 14.1. The Hall–Kier alpha value is -1.55. The lowest BCUT2D eigenvalue weighted by Gasteiger charge is -2.31. The third-order valence-electron chi connectivity index (χ3n) is 2.92. The highest BCUT2D eigenvalue weighted by Crippen LogP contribution is 2.32. The van der Waals surface area contributed by atoms with Gasteiger partial charge >= 0.3 is 0 Å². The standard InChI is InChI=1S/C13H18N2O2/c1-2-5-15-6-7-17-13-4-3-10(8-11(13)15)12(16)9-14/h3-4,8H,2,5-7,9,14H2,1H3. The Morgan fingerprint density at radius 3 is 3.06 bits per heavy atom. The molecule has 0 aromatic heterocycles. The van der Waals surface area contributed by atoms with E-state index in [4.69, 9.17) is 10.5 Å². The molecule has 17 heavy (non-hydrogen) atoms. The average Bonchev–Trinajstić information content (AvgIpc) is 2.38. The summed E-state index contributed by atoms with van der Waals surface area (Å²) < 4.78 is 5.58. The Morgan fingerprint density at radius 1 is 1.53 bits per heavy atom. The number of fused-ring (bicyclic) bond motifs is 1. The Morgan fingerprint density at radius 2 is 2.35 bits per heavy atom. The highest BCUT2D eigenvalue weighted by molar-refractivity contribution is 5.98. The zero-order valence-electron chi connectivity index (χ0n) is 10.1. The Kier molecular flexibility index (Phi) is 3.64. The van der Waals surface area contributed by atoms with Crippen LogP contribution in [0.15, 0.2) is 18.2 Å². The molecule has 0 saturated carbocycles. The van der Waals surface area contributed by atoms with E-state index in [0.717, 1.165) is 30.9 Å². The van der Waals surface area contributed by atoms with Crippen LogP contribution >= 0.6 is 0 Å². The van der Waals surface area contributed by atoms with Crippen molar-refractivity contribution in [2.75, 3.05) is 31.1 Å². The van der Waals surface area contributed by atoms with Gasteiger partial charge < -0.3 is 15.4 Å². The fourth-order valence-electron chi connectivity index (χ4n) is 2.07. The molecule has 0 bridgehead atoms. The number of ether oxygens (including phenoxy) is 1. The lowest BCUT2D eigenvalue weighted by atomic mass is 10.1. The fourth-order valence-corrected chi connectivity index (χ4v) is 2.07. The van der Waals surface area contributed by atoms with E-state index in [1.54, 1.807) is 6.07 Å². The maximum Gasteiger partial charge on any atom is 0.176 e. The molecule has 1 aliphatic rings. The molecule has 0 unspecified atom stereocenters. The van der Waals surface area contributed by atoms with Crippen molar-refractivity contribution in [2.24, 2.45) is 5.73 Å². The second-order valence-corrected chi connectivity index (χ2v) is 4.15. The maximum absolute atomic E-state index is 11.6. The molecule has 2 N–H and O–H groups in total. The quantitative estimate of drug-likeness (QED) is 0.801. The molecule has 4 heteroatoms. The van der Waals surface area contributed by atoms with E-state index in [9.17, 15) is 4.79 Å². The minimum atomic E-state index is -0.0326. The molecule has 0 spiro atoms. The minimum Gasteiger partial charge on any atom is -0.490 e. The first kappa shape index (κ1) is 11.9. The highest BCUT2D eigenvalue weighted by atomic mass is 16.5. The third-order valence-corrected chi connectivity index (χ3v) is 2.92. The SMILES string of the molecule is CCCN1CCOc2ccc(C(=O)CN)cc21. The number of hydrogen-bond acceptors (Lipinski definition) is 4. The summed E-state index contributed by atoms with van der Waals surface area (Å²) in [5, 5.41) is 0. The molecule has 1 aromatic carbocycles. The van der Waals surface area contributed by atoms with Crippen LogP contribution in [-0.4, -0.2) is 32.0 Å². The summed E-state index contributed by atoms with van der Waals surface area (Å²) in [6, 6.07) is 5.53. The van der Waals surface area contributed by atoms with Gasteiger partial charge in [0.25, 0.3) is 0 Å². The topological polar surface area (TPSA) is 55.6 Å². The van der Waals surface area contributed by atoms with E-state index < -0.39 is 0 Å². The van der Waals surface area contributed by atoms with Crippen LogP contribution in [0.1, 0.15) is 23.7 Å². The van der Waals surface area contributed by atoms with Gasteiger partial charge in [0.1, 0.15) is 12.4 Å². The number of nitrogens with two attached hydrogens (primary N) is 1. The van der Waals surface area contributed by atoms with Gasteiger partial charge in [0.2, 0.25) is 0 Å². The third kappa shape index (κ3) is 2.42. The van der Waals surface area contributed by atoms with Gasteiger partial charge in [-0.25, -0.2) is 0 Å². The van der Waals surface area contributed by atoms with Crippen molar-refractivity contribution in [3.8, 4) is 5.75 Å². The van der Waals surface area contributed by atoms with Crippen molar-refractivity contribution in [3.05, 3.63) is 23.8 Å². The fraction of sp³-hybridized carbons (Fsp3) is 0.462. The Balaban J connectivity index is 2.33. The lowest BCUT2D eigenvalue weighted by molar-refractivity contribution is 0.100. The molecular formula is C13H18N2O2. The van der Waals surface area contributed by atoms with Crippen LogP contribution in [0.2, 0.25) is 0 Å². The van der Waals surface area contributed by atoms with Gasteiger partial charge in [-0.3, -0.25) is 4.79 Å². The second-order valence-electron chi connectivity index (χ2n) is 4.15. The van der Waals surface area contributed by atoms with Crippen LogP contribution in [0.5, 0.6) is 5.75 Å². The molecule has 1 aromatic rings. The van der Waals surface area contributed by atoms with E-state index >= 15 is 0 Å². The Labute approximate surface area is 101 Å². The zero-order valence-corrected chi connectivity index (χ0v) is 10.1. The van der Waals surface area contributed by atoms with E-state index in [0.29, 0.717) is 12.2 Å². The van der Waals surface area contributed by atoms with Gasteiger partial charge in [0.15, 0.2) is 5.78 Å². The number of Topliss-reactive ketones (excluding diaryl/α,β-unsaturated/α-hetero) is 1. The van der Waals surface area contributed by atoms with Gasteiger partial charge in [-0.1, -0.05) is 6.92 Å². The molecule has 2 rings (SSSR count). The molecule has 0 radical (unpaired) electrons. The summed E-state index contributed by atoms with van der Waals surface area (Å²) in [6.07, 6.45) is 1.08. The van der Waals surface area contributed by atoms with E-state index in [-0.39, 0.29) is 12.3 Å². The number of rotatable bonds is 4. The van der Waals surface area contributed by atoms with Gasteiger partial charge in [-0.05, 0) is 24.6 Å². The van der Waals surface area contributed by atoms with Gasteiger partial charge in [0, 0.05) is 12.1 Å². The van der Waals surface area contributed by atoms with Crippen LogP contribution in [0.3, 0.4) is 0 Å². The van der Waals surface area contributed by atoms with Crippen LogP contribution in [-0.2, 0) is 0 Å². The minimum absolute atomic E-state index is 0.0326. The predicted molar refractivity (Wildman–Crippen MR) is 67.8 cm³/mol. The molecular weight excluding hydrogens is 216 g/mol. The van der Waals surface area contributed by atoms with Crippen molar-refractivity contribution >= 4 is 11.5 Å². The van der Waals surface area contributed by atoms with Gasteiger partial charge in [0.05, 0.1) is 18.8 Å². The number of benzene rings is 1. The average molecular weight is 234 g/mol.